The second-order valence-corrected chi connectivity index (χ2v) is 6.12. The van der Waals surface area contributed by atoms with E-state index in [0.29, 0.717) is 11.8 Å². The van der Waals surface area contributed by atoms with Crippen molar-refractivity contribution in [1.29, 1.82) is 0 Å². The molecule has 116 valence electrons. The Morgan fingerprint density at radius 3 is 1.39 bits per heavy atom. The molecule has 0 saturated carbocycles. The maximum Gasteiger partial charge on any atom is 0.118 e. The number of fused-ring (bicyclic) bond motifs is 2. The highest BCUT2D eigenvalue weighted by molar-refractivity contribution is 5.97. The molecule has 0 aromatic heterocycles. The molecule has 0 heterocycles. The van der Waals surface area contributed by atoms with Crippen LogP contribution >= 0.6 is 0 Å². The fraction of sp³-hybridized carbons (Fsp3) is 0.238. The van der Waals surface area contributed by atoms with Gasteiger partial charge in [-0.2, -0.15) is 0 Å². The van der Waals surface area contributed by atoms with E-state index in [1.54, 1.807) is 14.2 Å². The van der Waals surface area contributed by atoms with Gasteiger partial charge in [-0.15, -0.1) is 0 Å². The van der Waals surface area contributed by atoms with Crippen LogP contribution in [0.1, 0.15) is 17.5 Å². The first-order valence-electron chi connectivity index (χ1n) is 8.01. The van der Waals surface area contributed by atoms with Gasteiger partial charge in [0.05, 0.1) is 14.2 Å². The van der Waals surface area contributed by atoms with E-state index >= 15 is 0 Å². The molecule has 2 bridgehead atoms. The lowest BCUT2D eigenvalue weighted by atomic mass is 9.87. The molecule has 0 unspecified atom stereocenters. The predicted molar refractivity (Wildman–Crippen MR) is 93.5 cm³/mol. The number of hydrogen-bond donors (Lipinski definition) is 0. The molecule has 0 N–H and O–H groups in total. The topological polar surface area (TPSA) is 18.5 Å². The summed E-state index contributed by atoms with van der Waals surface area (Å²) < 4.78 is 10.6. The lowest BCUT2D eigenvalue weighted by Crippen LogP contribution is -1.99. The highest BCUT2D eigenvalue weighted by Gasteiger charge is 2.36. The summed E-state index contributed by atoms with van der Waals surface area (Å²) >= 11 is 0. The van der Waals surface area contributed by atoms with Gasteiger partial charge in [0.1, 0.15) is 11.5 Å². The van der Waals surface area contributed by atoms with Gasteiger partial charge in [-0.3, -0.25) is 0 Å². The Morgan fingerprint density at radius 1 is 0.652 bits per heavy atom. The zero-order valence-electron chi connectivity index (χ0n) is 13.5. The summed E-state index contributed by atoms with van der Waals surface area (Å²) in [6.45, 7) is 0. The molecule has 2 aliphatic carbocycles. The second-order valence-electron chi connectivity index (χ2n) is 6.12. The smallest absolute Gasteiger partial charge is 0.118 e. The number of rotatable bonds is 4. The molecule has 0 amide bonds. The van der Waals surface area contributed by atoms with Gasteiger partial charge in [-0.25, -0.2) is 0 Å². The Hall–Kier alpha value is -2.48. The first-order chi connectivity index (χ1) is 11.3. The van der Waals surface area contributed by atoms with Gasteiger partial charge in [-0.1, -0.05) is 36.4 Å². The third kappa shape index (κ3) is 2.35. The van der Waals surface area contributed by atoms with E-state index in [4.69, 9.17) is 9.47 Å². The number of hydrogen-bond acceptors (Lipinski definition) is 2. The largest absolute Gasteiger partial charge is 0.497 e. The Balaban J connectivity index is 1.80. The van der Waals surface area contributed by atoms with Crippen LogP contribution in [0.4, 0.5) is 0 Å². The molecule has 0 aliphatic heterocycles. The summed E-state index contributed by atoms with van der Waals surface area (Å²) in [5.41, 5.74) is 5.53. The van der Waals surface area contributed by atoms with Crippen LogP contribution in [0, 0.1) is 11.8 Å². The fourth-order valence-electron chi connectivity index (χ4n) is 3.81. The minimum Gasteiger partial charge on any atom is -0.497 e. The third-order valence-corrected chi connectivity index (χ3v) is 4.92. The van der Waals surface area contributed by atoms with Crippen LogP contribution in [0.5, 0.6) is 11.5 Å². The zero-order chi connectivity index (χ0) is 15.8. The van der Waals surface area contributed by atoms with Crippen molar-refractivity contribution >= 4 is 11.1 Å². The minimum atomic E-state index is 0.533. The lowest BCUT2D eigenvalue weighted by molar-refractivity contribution is 0.414. The van der Waals surface area contributed by atoms with Crippen LogP contribution in [0.2, 0.25) is 0 Å². The normalized spacial score (nSPS) is 21.8. The quantitative estimate of drug-likeness (QED) is 0.754. The molecule has 2 heteroatoms. The molecule has 0 saturated heterocycles. The zero-order valence-corrected chi connectivity index (χ0v) is 13.5. The Morgan fingerprint density at radius 2 is 1.04 bits per heavy atom. The summed E-state index contributed by atoms with van der Waals surface area (Å²) in [6, 6.07) is 16.9. The van der Waals surface area contributed by atoms with Crippen LogP contribution in [0.25, 0.3) is 11.1 Å². The van der Waals surface area contributed by atoms with Crippen molar-refractivity contribution < 1.29 is 9.47 Å². The first kappa shape index (κ1) is 14.1. The summed E-state index contributed by atoms with van der Waals surface area (Å²) in [5, 5.41) is 0. The van der Waals surface area contributed by atoms with E-state index in [0.717, 1.165) is 11.5 Å². The van der Waals surface area contributed by atoms with Gasteiger partial charge in [-0.05, 0) is 53.0 Å². The van der Waals surface area contributed by atoms with Crippen LogP contribution in [-0.4, -0.2) is 14.2 Å². The van der Waals surface area contributed by atoms with Crippen LogP contribution in [0.3, 0.4) is 0 Å². The van der Waals surface area contributed by atoms with E-state index < -0.39 is 0 Å². The molecule has 0 fully saturated rings. The Kier molecular flexibility index (Phi) is 3.45. The van der Waals surface area contributed by atoms with Gasteiger partial charge in [0.15, 0.2) is 0 Å². The highest BCUT2D eigenvalue weighted by atomic mass is 16.5. The van der Waals surface area contributed by atoms with Crippen LogP contribution in [-0.2, 0) is 0 Å². The molecule has 2 aromatic carbocycles. The molecule has 0 radical (unpaired) electrons. The van der Waals surface area contributed by atoms with E-state index in [-0.39, 0.29) is 0 Å². The molecule has 2 atom stereocenters. The summed E-state index contributed by atoms with van der Waals surface area (Å²) in [7, 11) is 3.41. The first-order valence-corrected chi connectivity index (χ1v) is 8.01. The maximum absolute atomic E-state index is 5.29. The van der Waals surface area contributed by atoms with E-state index in [2.05, 4.69) is 36.4 Å². The minimum absolute atomic E-state index is 0.533. The van der Waals surface area contributed by atoms with Gasteiger partial charge < -0.3 is 9.47 Å². The summed E-state index contributed by atoms with van der Waals surface area (Å²) in [4.78, 5) is 0. The Bertz CT molecular complexity index is 701. The van der Waals surface area contributed by atoms with Crippen molar-refractivity contribution in [3.63, 3.8) is 0 Å². The standard InChI is InChI=1S/C21H20O2/c1-22-18-9-5-14(6-10-18)20-16-3-4-17(13-16)21(20)15-7-11-19(23-2)12-8-15/h3-12,16-17H,13H2,1-2H3/t16-,17+. The molecular formula is C21H20O2. The molecular weight excluding hydrogens is 284 g/mol. The second kappa shape index (κ2) is 5.62. The van der Waals surface area contributed by atoms with Crippen molar-refractivity contribution in [3.05, 3.63) is 71.8 Å². The van der Waals surface area contributed by atoms with Crippen molar-refractivity contribution in [1.82, 2.24) is 0 Å². The molecule has 23 heavy (non-hydrogen) atoms. The van der Waals surface area contributed by atoms with Crippen molar-refractivity contribution in [3.8, 4) is 11.5 Å². The van der Waals surface area contributed by atoms with Gasteiger partial charge in [0.2, 0.25) is 0 Å². The monoisotopic (exact) mass is 304 g/mol. The fourth-order valence-corrected chi connectivity index (χ4v) is 3.81. The summed E-state index contributed by atoms with van der Waals surface area (Å²) in [6.07, 6.45) is 5.91. The van der Waals surface area contributed by atoms with Gasteiger partial charge in [0.25, 0.3) is 0 Å². The van der Waals surface area contributed by atoms with Crippen molar-refractivity contribution in [2.75, 3.05) is 14.2 Å². The molecule has 4 rings (SSSR count). The van der Waals surface area contributed by atoms with Gasteiger partial charge >= 0.3 is 0 Å². The molecule has 2 nitrogen and oxygen atoms in total. The third-order valence-electron chi connectivity index (χ3n) is 4.92. The summed E-state index contributed by atoms with van der Waals surface area (Å²) in [5.74, 6) is 2.87. The molecule has 0 spiro atoms. The lowest BCUT2D eigenvalue weighted by Gasteiger charge is -2.18. The van der Waals surface area contributed by atoms with Gasteiger partial charge in [0, 0.05) is 11.8 Å². The highest BCUT2D eigenvalue weighted by Crippen LogP contribution is 2.52. The van der Waals surface area contributed by atoms with Crippen molar-refractivity contribution in [2.45, 2.75) is 6.42 Å². The number of benzene rings is 2. The van der Waals surface area contributed by atoms with Crippen LogP contribution in [0.15, 0.2) is 60.7 Å². The average Bonchev–Trinajstić information content (AvgIpc) is 3.23. The van der Waals surface area contributed by atoms with E-state index in [1.165, 1.54) is 28.7 Å². The molecule has 2 aliphatic rings. The average molecular weight is 304 g/mol. The maximum atomic E-state index is 5.29. The van der Waals surface area contributed by atoms with Crippen molar-refractivity contribution in [2.24, 2.45) is 11.8 Å². The number of ether oxygens (including phenoxy) is 2. The SMILES string of the molecule is COc1ccc(C2=C(c3ccc(OC)cc3)[C@H]3C=C[C@@H]2C3)cc1. The van der Waals surface area contributed by atoms with E-state index in [1.807, 2.05) is 24.3 Å². The molecule has 2 aromatic rings. The Labute approximate surface area is 137 Å². The number of methoxy groups -OCH3 is 2. The number of allylic oxidation sites excluding steroid dienone is 4. The predicted octanol–water partition coefficient (Wildman–Crippen LogP) is 4.82. The van der Waals surface area contributed by atoms with E-state index in [9.17, 15) is 0 Å². The van der Waals surface area contributed by atoms with Crippen LogP contribution < -0.4 is 9.47 Å².